The van der Waals surface area contributed by atoms with E-state index in [4.69, 9.17) is 11.6 Å². The van der Waals surface area contributed by atoms with Gasteiger partial charge in [0.2, 0.25) is 10.0 Å². The van der Waals surface area contributed by atoms with E-state index in [0.717, 1.165) is 25.3 Å². The van der Waals surface area contributed by atoms with Crippen molar-refractivity contribution in [3.63, 3.8) is 0 Å². The van der Waals surface area contributed by atoms with Gasteiger partial charge in [0.25, 0.3) is 0 Å². The number of halogens is 2. The highest BCUT2D eigenvalue weighted by atomic mass is 35.5. The van der Waals surface area contributed by atoms with Crippen molar-refractivity contribution >= 4 is 21.6 Å². The zero-order valence-electron chi connectivity index (χ0n) is 10.9. The number of piperidine rings is 1. The molecule has 1 aromatic rings. The van der Waals surface area contributed by atoms with Crippen LogP contribution in [0.15, 0.2) is 23.1 Å². The number of hydrogen-bond acceptors (Lipinski definition) is 3. The Morgan fingerprint density at radius 3 is 2.55 bits per heavy atom. The van der Waals surface area contributed by atoms with E-state index < -0.39 is 15.8 Å². The molecule has 2 fully saturated rings. The number of benzene rings is 1. The van der Waals surface area contributed by atoms with Gasteiger partial charge in [0.1, 0.15) is 10.7 Å². The lowest BCUT2D eigenvalue weighted by Crippen LogP contribution is -2.59. The van der Waals surface area contributed by atoms with Gasteiger partial charge in [0, 0.05) is 30.2 Å². The molecular weight excluding hydrogens is 303 g/mol. The first kappa shape index (κ1) is 14.3. The fourth-order valence-corrected chi connectivity index (χ4v) is 4.83. The molecule has 0 aliphatic carbocycles. The van der Waals surface area contributed by atoms with Crippen molar-refractivity contribution in [2.45, 2.75) is 36.2 Å². The minimum Gasteiger partial charge on any atom is -0.309 e. The predicted octanol–water partition coefficient (Wildman–Crippen LogP) is 1.99. The van der Waals surface area contributed by atoms with Crippen LogP contribution in [0.4, 0.5) is 4.39 Å². The van der Waals surface area contributed by atoms with Crippen molar-refractivity contribution in [2.75, 3.05) is 13.1 Å². The Kier molecular flexibility index (Phi) is 3.75. The van der Waals surface area contributed by atoms with E-state index in [1.807, 2.05) is 0 Å². The van der Waals surface area contributed by atoms with Crippen LogP contribution in [0.2, 0.25) is 5.02 Å². The summed E-state index contributed by atoms with van der Waals surface area (Å²) >= 11 is 5.80. The van der Waals surface area contributed by atoms with Crippen LogP contribution in [0, 0.1) is 5.82 Å². The number of nitrogens with one attached hydrogen (secondary N) is 1. The summed E-state index contributed by atoms with van der Waals surface area (Å²) in [5.74, 6) is -0.752. The fraction of sp³-hybridized carbons (Fsp3) is 0.538. The molecule has 2 atom stereocenters. The predicted molar refractivity (Wildman–Crippen MR) is 74.7 cm³/mol. The number of hydrogen-bond donors (Lipinski definition) is 1. The summed E-state index contributed by atoms with van der Waals surface area (Å²) in [4.78, 5) is -0.329. The Morgan fingerprint density at radius 2 is 1.90 bits per heavy atom. The molecule has 2 bridgehead atoms. The summed E-state index contributed by atoms with van der Waals surface area (Å²) in [6.07, 6.45) is 3.03. The van der Waals surface area contributed by atoms with Gasteiger partial charge in [-0.1, -0.05) is 18.0 Å². The zero-order valence-corrected chi connectivity index (χ0v) is 12.4. The summed E-state index contributed by atoms with van der Waals surface area (Å²) in [6.45, 7) is 0.787. The van der Waals surface area contributed by atoms with Crippen LogP contribution in [0.25, 0.3) is 0 Å². The molecule has 2 aliphatic rings. The second-order valence-corrected chi connectivity index (χ2v) is 7.73. The number of nitrogens with zero attached hydrogens (tertiary/aromatic N) is 1. The van der Waals surface area contributed by atoms with Gasteiger partial charge >= 0.3 is 0 Å². The fourth-order valence-electron chi connectivity index (χ4n) is 2.98. The quantitative estimate of drug-likeness (QED) is 0.907. The van der Waals surface area contributed by atoms with Gasteiger partial charge in [-0.25, -0.2) is 12.8 Å². The minimum atomic E-state index is -3.82. The molecule has 3 rings (SSSR count). The third-order valence-electron chi connectivity index (χ3n) is 3.94. The van der Waals surface area contributed by atoms with E-state index in [9.17, 15) is 12.8 Å². The second kappa shape index (κ2) is 5.26. The topological polar surface area (TPSA) is 49.4 Å². The maximum absolute atomic E-state index is 13.8. The van der Waals surface area contributed by atoms with Crippen molar-refractivity contribution < 1.29 is 12.8 Å². The van der Waals surface area contributed by atoms with E-state index >= 15 is 0 Å². The molecule has 0 amide bonds. The Labute approximate surface area is 123 Å². The zero-order chi connectivity index (χ0) is 14.3. The van der Waals surface area contributed by atoms with Crippen molar-refractivity contribution in [1.82, 2.24) is 9.62 Å². The van der Waals surface area contributed by atoms with Gasteiger partial charge in [-0.15, -0.1) is 0 Å². The number of piperazine rings is 1. The normalized spacial score (nSPS) is 27.5. The Morgan fingerprint density at radius 1 is 1.25 bits per heavy atom. The van der Waals surface area contributed by atoms with Gasteiger partial charge in [-0.3, -0.25) is 0 Å². The number of rotatable bonds is 2. The second-order valence-electron chi connectivity index (χ2n) is 5.39. The van der Waals surface area contributed by atoms with E-state index in [1.54, 1.807) is 0 Å². The molecule has 4 nitrogen and oxygen atoms in total. The standard InChI is InChI=1S/C13H16ClFN2O2S/c14-9-4-5-12(15)13(6-9)20(18,19)17-7-10-2-1-3-11(8-17)16-10/h4-6,10-11,16H,1-3,7-8H2. The molecule has 110 valence electrons. The van der Waals surface area contributed by atoms with Crippen LogP contribution < -0.4 is 5.32 Å². The van der Waals surface area contributed by atoms with E-state index in [0.29, 0.717) is 13.1 Å². The number of sulfonamides is 1. The first-order valence-corrected chi connectivity index (χ1v) is 8.50. The van der Waals surface area contributed by atoms with Crippen molar-refractivity contribution in [2.24, 2.45) is 0 Å². The van der Waals surface area contributed by atoms with Gasteiger partial charge in [-0.05, 0) is 31.0 Å². The van der Waals surface area contributed by atoms with Crippen LogP contribution in [0.1, 0.15) is 19.3 Å². The summed E-state index contributed by atoms with van der Waals surface area (Å²) in [5.41, 5.74) is 0. The molecule has 2 heterocycles. The van der Waals surface area contributed by atoms with Crippen LogP contribution in [0.5, 0.6) is 0 Å². The highest BCUT2D eigenvalue weighted by Crippen LogP contribution is 2.27. The average Bonchev–Trinajstić information content (AvgIpc) is 2.41. The summed E-state index contributed by atoms with van der Waals surface area (Å²) < 4.78 is 40.4. The third kappa shape index (κ3) is 2.57. The maximum atomic E-state index is 13.8. The van der Waals surface area contributed by atoms with Gasteiger partial charge in [0.15, 0.2) is 0 Å². The van der Waals surface area contributed by atoms with Crippen LogP contribution in [-0.2, 0) is 10.0 Å². The monoisotopic (exact) mass is 318 g/mol. The largest absolute Gasteiger partial charge is 0.309 e. The van der Waals surface area contributed by atoms with E-state index in [-0.39, 0.29) is 22.0 Å². The molecule has 7 heteroatoms. The highest BCUT2D eigenvalue weighted by molar-refractivity contribution is 7.89. The van der Waals surface area contributed by atoms with Gasteiger partial charge in [-0.2, -0.15) is 4.31 Å². The molecule has 2 aliphatic heterocycles. The highest BCUT2D eigenvalue weighted by Gasteiger charge is 2.37. The summed E-state index contributed by atoms with van der Waals surface area (Å²) in [7, 11) is -3.82. The average molecular weight is 319 g/mol. The van der Waals surface area contributed by atoms with Crippen LogP contribution >= 0.6 is 11.6 Å². The van der Waals surface area contributed by atoms with Crippen LogP contribution in [-0.4, -0.2) is 37.9 Å². The maximum Gasteiger partial charge on any atom is 0.246 e. The smallest absolute Gasteiger partial charge is 0.246 e. The Hall–Kier alpha value is -0.690. The van der Waals surface area contributed by atoms with Gasteiger partial charge < -0.3 is 5.32 Å². The Bertz CT molecular complexity index is 611. The molecular formula is C13H16ClFN2O2S. The Balaban J connectivity index is 1.93. The lowest BCUT2D eigenvalue weighted by atomic mass is 9.96. The lowest BCUT2D eigenvalue weighted by Gasteiger charge is -2.41. The summed E-state index contributed by atoms with van der Waals surface area (Å²) in [5, 5.41) is 3.63. The van der Waals surface area contributed by atoms with Crippen molar-refractivity contribution in [1.29, 1.82) is 0 Å². The number of fused-ring (bicyclic) bond motifs is 2. The molecule has 2 saturated heterocycles. The molecule has 0 saturated carbocycles. The first-order chi connectivity index (χ1) is 9.46. The molecule has 2 unspecified atom stereocenters. The molecule has 20 heavy (non-hydrogen) atoms. The lowest BCUT2D eigenvalue weighted by molar-refractivity contribution is 0.190. The molecule has 1 N–H and O–H groups in total. The van der Waals surface area contributed by atoms with Crippen molar-refractivity contribution in [3.8, 4) is 0 Å². The minimum absolute atomic E-state index is 0.166. The van der Waals surface area contributed by atoms with Crippen molar-refractivity contribution in [3.05, 3.63) is 29.0 Å². The van der Waals surface area contributed by atoms with E-state index in [1.165, 1.54) is 16.4 Å². The van der Waals surface area contributed by atoms with Gasteiger partial charge in [0.05, 0.1) is 0 Å². The molecule has 0 radical (unpaired) electrons. The molecule has 1 aromatic carbocycles. The molecule has 0 aromatic heterocycles. The summed E-state index contributed by atoms with van der Waals surface area (Å²) in [6, 6.07) is 3.96. The SMILES string of the molecule is O=S(=O)(c1cc(Cl)ccc1F)N1CC2CCCC(C1)N2. The third-order valence-corrected chi connectivity index (χ3v) is 6.02. The van der Waals surface area contributed by atoms with E-state index in [2.05, 4.69) is 5.32 Å². The van der Waals surface area contributed by atoms with Crippen LogP contribution in [0.3, 0.4) is 0 Å². The molecule has 0 spiro atoms. The first-order valence-electron chi connectivity index (χ1n) is 6.68.